The van der Waals surface area contributed by atoms with E-state index in [1.165, 1.54) is 0 Å². The van der Waals surface area contributed by atoms with Crippen LogP contribution in [0.2, 0.25) is 0 Å². The molecule has 0 saturated heterocycles. The summed E-state index contributed by atoms with van der Waals surface area (Å²) in [6, 6.07) is 3.66. The Hall–Kier alpha value is -1.16. The van der Waals surface area contributed by atoms with Crippen LogP contribution in [-0.4, -0.2) is 28.9 Å². The molecule has 0 fully saturated rings. The van der Waals surface area contributed by atoms with Crippen LogP contribution in [0.3, 0.4) is 0 Å². The topological polar surface area (TPSA) is 49.2 Å². The first kappa shape index (κ1) is 9.92. The van der Waals surface area contributed by atoms with Crippen molar-refractivity contribution in [2.24, 2.45) is 0 Å². The SMILES string of the molecule is CCCN(C)c1ccc(CO)nn1. The van der Waals surface area contributed by atoms with Gasteiger partial charge in [-0.1, -0.05) is 6.92 Å². The highest BCUT2D eigenvalue weighted by molar-refractivity contribution is 5.35. The van der Waals surface area contributed by atoms with Crippen LogP contribution in [0.5, 0.6) is 0 Å². The van der Waals surface area contributed by atoms with Gasteiger partial charge in [-0.05, 0) is 18.6 Å². The quantitative estimate of drug-likeness (QED) is 0.747. The molecule has 0 saturated carbocycles. The molecule has 0 aliphatic rings. The third-order valence-corrected chi connectivity index (χ3v) is 1.82. The maximum atomic E-state index is 8.75. The monoisotopic (exact) mass is 181 g/mol. The van der Waals surface area contributed by atoms with Gasteiger partial charge in [0.05, 0.1) is 12.3 Å². The summed E-state index contributed by atoms with van der Waals surface area (Å²) in [7, 11) is 1.98. The van der Waals surface area contributed by atoms with Crippen LogP contribution >= 0.6 is 0 Å². The number of aliphatic hydroxyl groups excluding tert-OH is 1. The first-order chi connectivity index (χ1) is 6.27. The van der Waals surface area contributed by atoms with E-state index in [9.17, 15) is 0 Å². The lowest BCUT2D eigenvalue weighted by molar-refractivity contribution is 0.275. The predicted molar refractivity (Wildman–Crippen MR) is 51.5 cm³/mol. The Morgan fingerprint density at radius 3 is 2.62 bits per heavy atom. The van der Waals surface area contributed by atoms with Crippen molar-refractivity contribution >= 4 is 5.82 Å². The summed E-state index contributed by atoms with van der Waals surface area (Å²) in [4.78, 5) is 2.04. The Morgan fingerprint density at radius 1 is 1.38 bits per heavy atom. The molecule has 0 aliphatic carbocycles. The third-order valence-electron chi connectivity index (χ3n) is 1.82. The second kappa shape index (κ2) is 4.77. The van der Waals surface area contributed by atoms with E-state index in [1.807, 2.05) is 18.0 Å². The first-order valence-corrected chi connectivity index (χ1v) is 4.42. The van der Waals surface area contributed by atoms with Gasteiger partial charge in [-0.3, -0.25) is 0 Å². The molecule has 0 atom stereocenters. The maximum absolute atomic E-state index is 8.75. The second-order valence-electron chi connectivity index (χ2n) is 2.96. The molecule has 1 rings (SSSR count). The van der Waals surface area contributed by atoms with Crippen LogP contribution < -0.4 is 4.90 Å². The number of aliphatic hydroxyl groups is 1. The number of hydrogen-bond donors (Lipinski definition) is 1. The average molecular weight is 181 g/mol. The van der Waals surface area contributed by atoms with Crippen molar-refractivity contribution in [2.45, 2.75) is 20.0 Å². The predicted octanol–water partition coefficient (Wildman–Crippen LogP) is 0.815. The van der Waals surface area contributed by atoms with Gasteiger partial charge in [0, 0.05) is 13.6 Å². The first-order valence-electron chi connectivity index (χ1n) is 4.42. The number of hydrogen-bond acceptors (Lipinski definition) is 4. The lowest BCUT2D eigenvalue weighted by Crippen LogP contribution is -2.19. The normalized spacial score (nSPS) is 10.1. The molecule has 0 spiro atoms. The largest absolute Gasteiger partial charge is 0.390 e. The van der Waals surface area contributed by atoms with Gasteiger partial charge in [0.25, 0.3) is 0 Å². The van der Waals surface area contributed by atoms with E-state index in [0.29, 0.717) is 5.69 Å². The standard InChI is InChI=1S/C9H15N3O/c1-3-6-12(2)9-5-4-8(7-13)10-11-9/h4-5,13H,3,6-7H2,1-2H3. The van der Waals surface area contributed by atoms with Crippen molar-refractivity contribution in [1.82, 2.24) is 10.2 Å². The van der Waals surface area contributed by atoms with Crippen LogP contribution in [-0.2, 0) is 6.61 Å². The molecule has 0 unspecified atom stereocenters. The molecule has 13 heavy (non-hydrogen) atoms. The smallest absolute Gasteiger partial charge is 0.150 e. The Kier molecular flexibility index (Phi) is 3.64. The molecular formula is C9H15N3O. The molecule has 1 heterocycles. The summed E-state index contributed by atoms with van der Waals surface area (Å²) >= 11 is 0. The Balaban J connectivity index is 2.67. The minimum atomic E-state index is -0.0508. The van der Waals surface area contributed by atoms with E-state index in [0.717, 1.165) is 18.8 Å². The minimum Gasteiger partial charge on any atom is -0.390 e. The van der Waals surface area contributed by atoms with E-state index >= 15 is 0 Å². The second-order valence-corrected chi connectivity index (χ2v) is 2.96. The molecule has 4 heteroatoms. The molecule has 0 amide bonds. The lowest BCUT2D eigenvalue weighted by atomic mass is 10.4. The molecule has 1 aromatic rings. The van der Waals surface area contributed by atoms with Gasteiger partial charge in [-0.25, -0.2) is 0 Å². The fourth-order valence-corrected chi connectivity index (χ4v) is 1.09. The number of rotatable bonds is 4. The molecule has 0 aromatic carbocycles. The number of aromatic nitrogens is 2. The highest BCUT2D eigenvalue weighted by atomic mass is 16.3. The summed E-state index contributed by atoms with van der Waals surface area (Å²) in [6.07, 6.45) is 1.08. The summed E-state index contributed by atoms with van der Waals surface area (Å²) < 4.78 is 0. The fourth-order valence-electron chi connectivity index (χ4n) is 1.09. The molecule has 0 radical (unpaired) electrons. The Labute approximate surface area is 78.2 Å². The Morgan fingerprint density at radius 2 is 2.15 bits per heavy atom. The van der Waals surface area contributed by atoms with Gasteiger partial charge in [-0.2, -0.15) is 5.10 Å². The Bertz CT molecular complexity index is 248. The molecule has 4 nitrogen and oxygen atoms in total. The van der Waals surface area contributed by atoms with Crippen molar-refractivity contribution in [3.63, 3.8) is 0 Å². The summed E-state index contributed by atoms with van der Waals surface area (Å²) in [6.45, 7) is 3.03. The zero-order valence-electron chi connectivity index (χ0n) is 8.06. The zero-order chi connectivity index (χ0) is 9.68. The van der Waals surface area contributed by atoms with Crippen molar-refractivity contribution < 1.29 is 5.11 Å². The highest BCUT2D eigenvalue weighted by Gasteiger charge is 2.01. The van der Waals surface area contributed by atoms with Gasteiger partial charge in [-0.15, -0.1) is 5.10 Å². The summed E-state index contributed by atoms with van der Waals surface area (Å²) in [5.74, 6) is 0.846. The van der Waals surface area contributed by atoms with Gasteiger partial charge >= 0.3 is 0 Å². The van der Waals surface area contributed by atoms with Crippen LogP contribution in [0, 0.1) is 0 Å². The van der Waals surface area contributed by atoms with Crippen molar-refractivity contribution in [2.75, 3.05) is 18.5 Å². The van der Waals surface area contributed by atoms with E-state index < -0.39 is 0 Å². The maximum Gasteiger partial charge on any atom is 0.150 e. The summed E-state index contributed by atoms with van der Waals surface area (Å²) in [5.41, 5.74) is 0.605. The van der Waals surface area contributed by atoms with Crippen molar-refractivity contribution in [3.8, 4) is 0 Å². The summed E-state index contributed by atoms with van der Waals surface area (Å²) in [5, 5.41) is 16.6. The third kappa shape index (κ3) is 2.66. The number of nitrogens with zero attached hydrogens (tertiary/aromatic N) is 3. The van der Waals surface area contributed by atoms with Gasteiger partial charge < -0.3 is 10.0 Å². The van der Waals surface area contributed by atoms with Gasteiger partial charge in [0.1, 0.15) is 0 Å². The van der Waals surface area contributed by atoms with E-state index in [4.69, 9.17) is 5.11 Å². The average Bonchev–Trinajstić information content (AvgIpc) is 2.18. The molecule has 72 valence electrons. The number of anilines is 1. The van der Waals surface area contributed by atoms with Crippen molar-refractivity contribution in [3.05, 3.63) is 17.8 Å². The molecule has 0 bridgehead atoms. The molecule has 1 aromatic heterocycles. The molecule has 0 aliphatic heterocycles. The van der Waals surface area contributed by atoms with Crippen LogP contribution in [0.15, 0.2) is 12.1 Å². The molecular weight excluding hydrogens is 166 g/mol. The fraction of sp³-hybridized carbons (Fsp3) is 0.556. The highest BCUT2D eigenvalue weighted by Crippen LogP contribution is 2.07. The van der Waals surface area contributed by atoms with Gasteiger partial charge in [0.2, 0.25) is 0 Å². The van der Waals surface area contributed by atoms with Crippen LogP contribution in [0.4, 0.5) is 5.82 Å². The molecule has 1 N–H and O–H groups in total. The minimum absolute atomic E-state index is 0.0508. The van der Waals surface area contributed by atoms with Crippen LogP contribution in [0.25, 0.3) is 0 Å². The van der Waals surface area contributed by atoms with Crippen molar-refractivity contribution in [1.29, 1.82) is 0 Å². The lowest BCUT2D eigenvalue weighted by Gasteiger charge is -2.15. The van der Waals surface area contributed by atoms with E-state index in [1.54, 1.807) is 6.07 Å². The van der Waals surface area contributed by atoms with Crippen LogP contribution in [0.1, 0.15) is 19.0 Å². The zero-order valence-corrected chi connectivity index (χ0v) is 8.06. The van der Waals surface area contributed by atoms with Gasteiger partial charge in [0.15, 0.2) is 5.82 Å². The van der Waals surface area contributed by atoms with E-state index in [2.05, 4.69) is 17.1 Å². The van der Waals surface area contributed by atoms with E-state index in [-0.39, 0.29) is 6.61 Å².